The molecule has 0 fully saturated rings. The smallest absolute Gasteiger partial charge is 0.290 e. The van der Waals surface area contributed by atoms with Gasteiger partial charge in [-0.05, 0) is 37.3 Å². The number of benzene rings is 2. The topological polar surface area (TPSA) is 46.9 Å². The summed E-state index contributed by atoms with van der Waals surface area (Å²) in [4.78, 5) is 12.4. The van der Waals surface area contributed by atoms with Crippen LogP contribution in [0.1, 0.15) is 6.92 Å². The molecule has 0 atom stereocenters. The number of anilines is 2. The second-order valence-electron chi connectivity index (χ2n) is 5.06. The Hall–Kier alpha value is -2.95. The Morgan fingerprint density at radius 3 is 2.43 bits per heavy atom. The third-order valence-electron chi connectivity index (χ3n) is 3.47. The third-order valence-corrected chi connectivity index (χ3v) is 3.47. The molecule has 1 aromatic heterocycles. The van der Waals surface area contributed by atoms with Gasteiger partial charge in [-0.1, -0.05) is 30.3 Å². The molecule has 23 heavy (non-hydrogen) atoms. The predicted molar refractivity (Wildman–Crippen MR) is 89.3 cm³/mol. The van der Waals surface area contributed by atoms with Gasteiger partial charge in [-0.2, -0.15) is 5.10 Å². The Kier molecular flexibility index (Phi) is 4.19. The number of rotatable bonds is 4. The van der Waals surface area contributed by atoms with Gasteiger partial charge in [0, 0.05) is 17.8 Å². The van der Waals surface area contributed by atoms with Crippen molar-refractivity contribution >= 4 is 11.4 Å². The number of hydrogen-bond donors (Lipinski definition) is 1. The molecule has 0 unspecified atom stereocenters. The number of hydrogen-bond acceptors (Lipinski definition) is 3. The lowest BCUT2D eigenvalue weighted by Crippen LogP contribution is -2.24. The zero-order chi connectivity index (χ0) is 16.2. The number of nitrogens with zero attached hydrogens (tertiary/aromatic N) is 2. The van der Waals surface area contributed by atoms with E-state index in [0.717, 1.165) is 5.56 Å². The molecule has 4 nitrogen and oxygen atoms in total. The molecule has 0 saturated carbocycles. The van der Waals surface area contributed by atoms with E-state index in [1.54, 1.807) is 18.2 Å². The highest BCUT2D eigenvalue weighted by Gasteiger charge is 2.09. The molecule has 116 valence electrons. The maximum absolute atomic E-state index is 13.0. The van der Waals surface area contributed by atoms with Crippen LogP contribution in [-0.2, 0) is 6.54 Å². The molecule has 5 heteroatoms. The van der Waals surface area contributed by atoms with Crippen LogP contribution in [0.3, 0.4) is 0 Å². The third kappa shape index (κ3) is 3.29. The van der Waals surface area contributed by atoms with E-state index in [1.165, 1.54) is 16.8 Å². The van der Waals surface area contributed by atoms with Crippen LogP contribution in [0.5, 0.6) is 0 Å². The van der Waals surface area contributed by atoms with Crippen molar-refractivity contribution in [1.82, 2.24) is 9.78 Å². The minimum absolute atomic E-state index is 0.212. The van der Waals surface area contributed by atoms with Crippen LogP contribution in [0.4, 0.5) is 15.8 Å². The highest BCUT2D eigenvalue weighted by atomic mass is 19.1. The minimum Gasteiger partial charge on any atom is -0.351 e. The van der Waals surface area contributed by atoms with E-state index in [9.17, 15) is 9.18 Å². The van der Waals surface area contributed by atoms with Crippen molar-refractivity contribution in [3.05, 3.63) is 76.8 Å². The van der Waals surface area contributed by atoms with Crippen LogP contribution in [0.15, 0.2) is 65.5 Å². The quantitative estimate of drug-likeness (QED) is 0.797. The fourth-order valence-electron chi connectivity index (χ4n) is 2.28. The second kappa shape index (κ2) is 6.44. The van der Waals surface area contributed by atoms with Gasteiger partial charge < -0.3 is 5.32 Å². The molecule has 0 aliphatic heterocycles. The first kappa shape index (κ1) is 15.0. The Bertz CT molecular complexity index is 858. The van der Waals surface area contributed by atoms with E-state index >= 15 is 0 Å². The zero-order valence-corrected chi connectivity index (χ0v) is 12.7. The molecule has 0 amide bonds. The average molecular weight is 309 g/mol. The first-order chi connectivity index (χ1) is 11.2. The van der Waals surface area contributed by atoms with E-state index in [-0.39, 0.29) is 11.4 Å². The van der Waals surface area contributed by atoms with Crippen molar-refractivity contribution in [2.45, 2.75) is 13.5 Å². The van der Waals surface area contributed by atoms with Crippen LogP contribution in [0, 0.1) is 5.82 Å². The second-order valence-corrected chi connectivity index (χ2v) is 5.06. The molecular weight excluding hydrogens is 293 g/mol. The van der Waals surface area contributed by atoms with Gasteiger partial charge in [0.15, 0.2) is 0 Å². The Morgan fingerprint density at radius 1 is 1.09 bits per heavy atom. The summed E-state index contributed by atoms with van der Waals surface area (Å²) in [5.74, 6) is -0.318. The van der Waals surface area contributed by atoms with Crippen molar-refractivity contribution < 1.29 is 4.39 Å². The normalized spacial score (nSPS) is 10.5. The van der Waals surface area contributed by atoms with Crippen LogP contribution in [0.25, 0.3) is 11.3 Å². The van der Waals surface area contributed by atoms with Crippen LogP contribution < -0.4 is 10.9 Å². The first-order valence-corrected chi connectivity index (χ1v) is 7.37. The molecule has 1 heterocycles. The zero-order valence-electron chi connectivity index (χ0n) is 12.7. The van der Waals surface area contributed by atoms with Gasteiger partial charge in [-0.15, -0.1) is 0 Å². The fourth-order valence-corrected chi connectivity index (χ4v) is 2.28. The van der Waals surface area contributed by atoms with Crippen LogP contribution in [-0.4, -0.2) is 9.78 Å². The number of aromatic nitrogens is 2. The molecule has 2 aromatic carbocycles. The van der Waals surface area contributed by atoms with Crippen molar-refractivity contribution in [3.8, 4) is 11.3 Å². The summed E-state index contributed by atoms with van der Waals surface area (Å²) in [7, 11) is 0. The summed E-state index contributed by atoms with van der Waals surface area (Å²) >= 11 is 0. The van der Waals surface area contributed by atoms with E-state index in [0.29, 0.717) is 23.6 Å². The average Bonchev–Trinajstić information content (AvgIpc) is 2.59. The molecule has 3 aromatic rings. The molecule has 0 aliphatic rings. The van der Waals surface area contributed by atoms with Crippen LogP contribution in [0.2, 0.25) is 0 Å². The summed E-state index contributed by atoms with van der Waals surface area (Å²) in [5, 5.41) is 7.43. The van der Waals surface area contributed by atoms with Crippen molar-refractivity contribution in [2.75, 3.05) is 5.32 Å². The SMILES string of the molecule is CCn1nc(-c2ccccc2)cc(Nc2ccc(F)cc2)c1=O. The van der Waals surface area contributed by atoms with Gasteiger partial charge in [0.25, 0.3) is 5.56 Å². The first-order valence-electron chi connectivity index (χ1n) is 7.37. The van der Waals surface area contributed by atoms with Gasteiger partial charge in [0.2, 0.25) is 0 Å². The van der Waals surface area contributed by atoms with Crippen molar-refractivity contribution in [3.63, 3.8) is 0 Å². The summed E-state index contributed by atoms with van der Waals surface area (Å²) in [5.41, 5.74) is 2.48. The van der Waals surface area contributed by atoms with E-state index in [4.69, 9.17) is 0 Å². The van der Waals surface area contributed by atoms with Crippen molar-refractivity contribution in [1.29, 1.82) is 0 Å². The fraction of sp³-hybridized carbons (Fsp3) is 0.111. The highest BCUT2D eigenvalue weighted by molar-refractivity contribution is 5.66. The molecule has 3 rings (SSSR count). The molecule has 0 bridgehead atoms. The lowest BCUT2D eigenvalue weighted by molar-refractivity contribution is 0.621. The number of nitrogens with one attached hydrogen (secondary N) is 1. The minimum atomic E-state index is -0.318. The Morgan fingerprint density at radius 2 is 1.78 bits per heavy atom. The van der Waals surface area contributed by atoms with E-state index < -0.39 is 0 Å². The lowest BCUT2D eigenvalue weighted by Gasteiger charge is -2.11. The Labute approximate surface area is 133 Å². The largest absolute Gasteiger partial charge is 0.351 e. The molecule has 0 radical (unpaired) electrons. The molecule has 0 spiro atoms. The van der Waals surface area contributed by atoms with Crippen LogP contribution >= 0.6 is 0 Å². The van der Waals surface area contributed by atoms with Gasteiger partial charge in [0.05, 0.1) is 5.69 Å². The van der Waals surface area contributed by atoms with E-state index in [2.05, 4.69) is 10.4 Å². The van der Waals surface area contributed by atoms with Crippen molar-refractivity contribution in [2.24, 2.45) is 0 Å². The lowest BCUT2D eigenvalue weighted by atomic mass is 10.1. The number of halogens is 1. The van der Waals surface area contributed by atoms with Gasteiger partial charge in [-0.25, -0.2) is 9.07 Å². The monoisotopic (exact) mass is 309 g/mol. The maximum atomic E-state index is 13.0. The van der Waals surface area contributed by atoms with Gasteiger partial charge in [0.1, 0.15) is 11.5 Å². The van der Waals surface area contributed by atoms with Gasteiger partial charge in [-0.3, -0.25) is 4.79 Å². The predicted octanol–water partition coefficient (Wildman–Crippen LogP) is 3.81. The highest BCUT2D eigenvalue weighted by Crippen LogP contribution is 2.20. The number of aryl methyl sites for hydroxylation is 1. The van der Waals surface area contributed by atoms with E-state index in [1.807, 2.05) is 37.3 Å². The standard InChI is InChI=1S/C18H16FN3O/c1-2-22-18(23)17(20-15-10-8-14(19)9-11-15)12-16(21-22)13-6-4-3-5-7-13/h3-12,20H,2H2,1H3. The molecule has 0 aliphatic carbocycles. The molecule has 1 N–H and O–H groups in total. The molecular formula is C18H16FN3O. The summed E-state index contributed by atoms with van der Waals surface area (Å²) in [6, 6.07) is 17.2. The summed E-state index contributed by atoms with van der Waals surface area (Å²) in [6.07, 6.45) is 0. The molecule has 0 saturated heterocycles. The Balaban J connectivity index is 2.05. The van der Waals surface area contributed by atoms with Gasteiger partial charge >= 0.3 is 0 Å². The maximum Gasteiger partial charge on any atom is 0.290 e. The summed E-state index contributed by atoms with van der Waals surface area (Å²) < 4.78 is 14.4. The summed E-state index contributed by atoms with van der Waals surface area (Å²) in [6.45, 7) is 2.34.